The summed E-state index contributed by atoms with van der Waals surface area (Å²) in [7, 11) is 0. The molecule has 294 valence electrons. The van der Waals surface area contributed by atoms with Gasteiger partial charge in [0.05, 0.1) is 6.33 Å². The molecule has 1 rings (SSSR count). The summed E-state index contributed by atoms with van der Waals surface area (Å²) in [5.41, 5.74) is 17.3. The van der Waals surface area contributed by atoms with E-state index >= 15 is 0 Å². The van der Waals surface area contributed by atoms with E-state index in [1.807, 2.05) is 13.8 Å². The Labute approximate surface area is 306 Å². The summed E-state index contributed by atoms with van der Waals surface area (Å²) in [4.78, 5) is 97.9. The lowest BCUT2D eigenvalue weighted by atomic mass is 10.00. The lowest BCUT2D eigenvalue weighted by molar-refractivity contribution is -0.136. The summed E-state index contributed by atoms with van der Waals surface area (Å²) >= 11 is 0. The molecule has 0 aliphatic heterocycles. The number of hydrogen-bond donors (Lipinski definition) is 10. The van der Waals surface area contributed by atoms with Gasteiger partial charge in [0.25, 0.3) is 0 Å². The molecule has 7 amide bonds. The lowest BCUT2D eigenvalue weighted by Crippen LogP contribution is -2.60. The number of hydrogen-bond acceptors (Lipinski definition) is 10. The van der Waals surface area contributed by atoms with Gasteiger partial charge in [-0.15, -0.1) is 0 Å². The standard InChI is InChI=1S/C34H61N11O7/c1-19(2)15-26(43-30(48)21(5)40-22(6)46)32(50)44-27(16-23-17-38-18-39-23)33(51)42-25(12-8-10-14-36)31(49)45-28(20(3)4)34(52)41-24(29(37)47)11-7-9-13-35/h17-21,24-28H,7-16,35-36H2,1-6H3,(H2,37,47)(H,38,39)(H,40,46)(H,41,52)(H,42,51)(H,43,48)(H,44,50)(H,45,49)/t21-,24-,25-,26-,27-,28-/m0/s1. The molecule has 6 atom stereocenters. The maximum absolute atomic E-state index is 13.9. The third kappa shape index (κ3) is 17.1. The van der Waals surface area contributed by atoms with Crippen LogP contribution in [0.2, 0.25) is 0 Å². The van der Waals surface area contributed by atoms with Crippen LogP contribution in [0.4, 0.5) is 0 Å². The number of H-pyrrole nitrogens is 1. The summed E-state index contributed by atoms with van der Waals surface area (Å²) in [6.45, 7) is 10.7. The molecule has 0 radical (unpaired) electrons. The van der Waals surface area contributed by atoms with Crippen molar-refractivity contribution in [3.63, 3.8) is 0 Å². The summed E-state index contributed by atoms with van der Waals surface area (Å²) in [5.74, 6) is -4.75. The quantitative estimate of drug-likeness (QED) is 0.0510. The first-order chi connectivity index (χ1) is 24.5. The van der Waals surface area contributed by atoms with Crippen LogP contribution < -0.4 is 49.1 Å². The van der Waals surface area contributed by atoms with Crippen molar-refractivity contribution in [3.8, 4) is 0 Å². The second-order valence-electron chi connectivity index (χ2n) is 13.8. The molecule has 13 N–H and O–H groups in total. The van der Waals surface area contributed by atoms with Crippen molar-refractivity contribution in [2.24, 2.45) is 29.0 Å². The second-order valence-corrected chi connectivity index (χ2v) is 13.8. The average Bonchev–Trinajstić information content (AvgIpc) is 3.57. The Bertz CT molecular complexity index is 1310. The first kappa shape index (κ1) is 45.4. The predicted molar refractivity (Wildman–Crippen MR) is 195 cm³/mol. The molecule has 0 saturated heterocycles. The SMILES string of the molecule is CC(=O)N[C@@H](C)C(=O)N[C@@H](CC(C)C)C(=O)N[C@@H](Cc1cnc[nH]1)C(=O)N[C@@H](CCCCN)C(=O)N[C@H](C(=O)N[C@@H](CCCCN)C(N)=O)C(C)C. The smallest absolute Gasteiger partial charge is 0.243 e. The Morgan fingerprint density at radius 1 is 0.673 bits per heavy atom. The Morgan fingerprint density at radius 2 is 1.19 bits per heavy atom. The highest BCUT2D eigenvalue weighted by molar-refractivity contribution is 5.97. The number of carbonyl (C=O) groups excluding carboxylic acids is 7. The lowest BCUT2D eigenvalue weighted by Gasteiger charge is -2.28. The van der Waals surface area contributed by atoms with Gasteiger partial charge in [-0.2, -0.15) is 0 Å². The van der Waals surface area contributed by atoms with Crippen molar-refractivity contribution >= 4 is 41.4 Å². The fourth-order valence-corrected chi connectivity index (χ4v) is 5.33. The minimum Gasteiger partial charge on any atom is -0.368 e. The van der Waals surface area contributed by atoms with Gasteiger partial charge in [0.1, 0.15) is 36.3 Å². The van der Waals surface area contributed by atoms with Gasteiger partial charge in [0.15, 0.2) is 0 Å². The molecule has 1 aromatic heterocycles. The average molecular weight is 736 g/mol. The highest BCUT2D eigenvalue weighted by Crippen LogP contribution is 2.11. The number of primary amides is 1. The largest absolute Gasteiger partial charge is 0.368 e. The van der Waals surface area contributed by atoms with Gasteiger partial charge >= 0.3 is 0 Å². The summed E-state index contributed by atoms with van der Waals surface area (Å²) in [5, 5.41) is 16.0. The number of aromatic amines is 1. The van der Waals surface area contributed by atoms with Crippen LogP contribution in [0.3, 0.4) is 0 Å². The molecule has 52 heavy (non-hydrogen) atoms. The van der Waals surface area contributed by atoms with Crippen molar-refractivity contribution in [1.29, 1.82) is 0 Å². The Morgan fingerprint density at radius 3 is 1.69 bits per heavy atom. The number of nitrogens with zero attached hydrogens (tertiary/aromatic N) is 1. The minimum absolute atomic E-state index is 0.0297. The minimum atomic E-state index is -1.22. The van der Waals surface area contributed by atoms with Gasteiger partial charge in [-0.05, 0) is 76.8 Å². The Balaban J connectivity index is 3.29. The molecule has 1 heterocycles. The zero-order chi connectivity index (χ0) is 39.4. The third-order valence-electron chi connectivity index (χ3n) is 8.20. The van der Waals surface area contributed by atoms with E-state index in [-0.39, 0.29) is 31.6 Å². The van der Waals surface area contributed by atoms with Gasteiger partial charge in [0.2, 0.25) is 41.4 Å². The van der Waals surface area contributed by atoms with Crippen LogP contribution in [-0.4, -0.2) is 101 Å². The number of aromatic nitrogens is 2. The topological polar surface area (TPSA) is 298 Å². The van der Waals surface area contributed by atoms with E-state index in [0.717, 1.165) is 0 Å². The van der Waals surface area contributed by atoms with Crippen molar-refractivity contribution < 1.29 is 33.6 Å². The van der Waals surface area contributed by atoms with E-state index in [1.54, 1.807) is 13.8 Å². The molecular weight excluding hydrogens is 674 g/mol. The van der Waals surface area contributed by atoms with Crippen LogP contribution >= 0.6 is 0 Å². The number of nitrogens with one attached hydrogen (secondary N) is 7. The normalized spacial score (nSPS) is 14.7. The molecular formula is C34H61N11O7. The van der Waals surface area contributed by atoms with Crippen LogP contribution in [0, 0.1) is 11.8 Å². The number of rotatable bonds is 25. The van der Waals surface area contributed by atoms with Gasteiger partial charge in [-0.3, -0.25) is 33.6 Å². The fourth-order valence-electron chi connectivity index (χ4n) is 5.33. The molecule has 0 spiro atoms. The molecule has 0 aliphatic rings. The zero-order valence-electron chi connectivity index (χ0n) is 31.4. The zero-order valence-corrected chi connectivity index (χ0v) is 31.4. The Kier molecular flexibility index (Phi) is 20.8. The maximum Gasteiger partial charge on any atom is 0.243 e. The highest BCUT2D eigenvalue weighted by Gasteiger charge is 2.34. The van der Waals surface area contributed by atoms with E-state index < -0.39 is 83.5 Å². The second kappa shape index (κ2) is 23.8. The number of unbranched alkanes of at least 4 members (excludes halogenated alkanes) is 2. The van der Waals surface area contributed by atoms with E-state index in [2.05, 4.69) is 41.9 Å². The molecule has 0 bridgehead atoms. The van der Waals surface area contributed by atoms with Crippen LogP contribution in [0.1, 0.15) is 92.2 Å². The van der Waals surface area contributed by atoms with Crippen LogP contribution in [0.15, 0.2) is 12.5 Å². The van der Waals surface area contributed by atoms with Crippen LogP contribution in [-0.2, 0) is 40.0 Å². The molecule has 0 fully saturated rings. The van der Waals surface area contributed by atoms with Gasteiger partial charge < -0.3 is 54.1 Å². The third-order valence-corrected chi connectivity index (χ3v) is 8.20. The van der Waals surface area contributed by atoms with E-state index in [0.29, 0.717) is 44.5 Å². The van der Waals surface area contributed by atoms with E-state index in [9.17, 15) is 33.6 Å². The molecule has 1 aromatic rings. The van der Waals surface area contributed by atoms with Gasteiger partial charge in [-0.25, -0.2) is 4.98 Å². The fraction of sp³-hybridized carbons (Fsp3) is 0.706. The molecule has 18 nitrogen and oxygen atoms in total. The number of amides is 7. The Hall–Kier alpha value is -4.58. The van der Waals surface area contributed by atoms with Gasteiger partial charge in [-0.1, -0.05) is 27.7 Å². The van der Waals surface area contributed by atoms with Crippen molar-refractivity contribution in [1.82, 2.24) is 41.9 Å². The summed E-state index contributed by atoms with van der Waals surface area (Å²) in [6.07, 6.45) is 5.78. The first-order valence-corrected chi connectivity index (χ1v) is 18.0. The molecule has 0 unspecified atom stereocenters. The highest BCUT2D eigenvalue weighted by atomic mass is 16.2. The molecule has 0 saturated carbocycles. The van der Waals surface area contributed by atoms with Crippen molar-refractivity contribution in [2.75, 3.05) is 13.1 Å². The predicted octanol–water partition coefficient (Wildman–Crippen LogP) is -1.65. The number of imidazole rings is 1. The van der Waals surface area contributed by atoms with E-state index in [4.69, 9.17) is 17.2 Å². The number of nitrogens with two attached hydrogens (primary N) is 3. The first-order valence-electron chi connectivity index (χ1n) is 18.0. The van der Waals surface area contributed by atoms with E-state index in [1.165, 1.54) is 26.4 Å². The number of carbonyl (C=O) groups is 7. The van der Waals surface area contributed by atoms with Crippen LogP contribution in [0.5, 0.6) is 0 Å². The van der Waals surface area contributed by atoms with Gasteiger partial charge in [0, 0.05) is 25.2 Å². The molecule has 18 heteroatoms. The molecule has 0 aliphatic carbocycles. The molecule has 0 aromatic carbocycles. The summed E-state index contributed by atoms with van der Waals surface area (Å²) < 4.78 is 0. The monoisotopic (exact) mass is 735 g/mol. The van der Waals surface area contributed by atoms with Crippen molar-refractivity contribution in [2.45, 2.75) is 129 Å². The maximum atomic E-state index is 13.9. The van der Waals surface area contributed by atoms with Crippen molar-refractivity contribution in [3.05, 3.63) is 18.2 Å². The summed E-state index contributed by atoms with van der Waals surface area (Å²) in [6, 6.07) is -6.33. The van der Waals surface area contributed by atoms with Crippen LogP contribution in [0.25, 0.3) is 0 Å².